The topological polar surface area (TPSA) is 65.0 Å². The van der Waals surface area contributed by atoms with E-state index in [1.54, 1.807) is 6.07 Å². The molecule has 1 rings (SSSR count). The Balaban J connectivity index is 3.24. The molecule has 0 bridgehead atoms. The van der Waals surface area contributed by atoms with E-state index < -0.39 is 5.97 Å². The van der Waals surface area contributed by atoms with E-state index in [0.29, 0.717) is 18.1 Å². The number of hydrogen-bond donors (Lipinski definition) is 1. The Morgan fingerprint density at radius 1 is 1.22 bits per heavy atom. The highest BCUT2D eigenvalue weighted by Crippen LogP contribution is 2.40. The molecule has 0 aliphatic carbocycles. The molecule has 1 aromatic carbocycles. The van der Waals surface area contributed by atoms with Gasteiger partial charge in [0.1, 0.15) is 5.56 Å². The van der Waals surface area contributed by atoms with Crippen LogP contribution in [-0.2, 0) is 0 Å². The summed E-state index contributed by atoms with van der Waals surface area (Å²) in [6.45, 7) is 4.37. The minimum absolute atomic E-state index is 0.0632. The predicted molar refractivity (Wildman–Crippen MR) is 66.8 cm³/mol. The summed E-state index contributed by atoms with van der Waals surface area (Å²) in [5.41, 5.74) is 0.0632. The van der Waals surface area contributed by atoms with Crippen LogP contribution in [0.25, 0.3) is 0 Å². The zero-order valence-electron chi connectivity index (χ0n) is 11.0. The lowest BCUT2D eigenvalue weighted by Gasteiger charge is -2.16. The monoisotopic (exact) mass is 254 g/mol. The van der Waals surface area contributed by atoms with Gasteiger partial charge in [0.05, 0.1) is 20.8 Å². The van der Waals surface area contributed by atoms with Crippen molar-refractivity contribution in [2.24, 2.45) is 5.92 Å². The largest absolute Gasteiger partial charge is 0.493 e. The quantitative estimate of drug-likeness (QED) is 0.844. The van der Waals surface area contributed by atoms with Gasteiger partial charge in [-0.25, -0.2) is 4.79 Å². The van der Waals surface area contributed by atoms with Crippen LogP contribution in [0.15, 0.2) is 12.1 Å². The van der Waals surface area contributed by atoms with Crippen LogP contribution in [0, 0.1) is 5.92 Å². The van der Waals surface area contributed by atoms with Gasteiger partial charge in [-0.1, -0.05) is 13.8 Å². The summed E-state index contributed by atoms with van der Waals surface area (Å²) < 4.78 is 15.8. The molecule has 0 spiro atoms. The maximum atomic E-state index is 11.2. The minimum atomic E-state index is -1.06. The molecule has 100 valence electrons. The number of hydrogen-bond acceptors (Lipinski definition) is 4. The molecule has 0 amide bonds. The number of rotatable bonds is 6. The van der Waals surface area contributed by atoms with E-state index in [1.165, 1.54) is 20.3 Å². The molecule has 0 atom stereocenters. The summed E-state index contributed by atoms with van der Waals surface area (Å²) in [6.07, 6.45) is 0. The normalized spacial score (nSPS) is 10.3. The van der Waals surface area contributed by atoms with Gasteiger partial charge in [0, 0.05) is 0 Å². The second-order valence-electron chi connectivity index (χ2n) is 4.19. The molecule has 18 heavy (non-hydrogen) atoms. The Morgan fingerprint density at radius 3 is 2.33 bits per heavy atom. The number of ether oxygens (including phenoxy) is 3. The van der Waals surface area contributed by atoms with E-state index in [0.717, 1.165) is 0 Å². The lowest BCUT2D eigenvalue weighted by atomic mass is 10.1. The summed E-state index contributed by atoms with van der Waals surface area (Å²) in [4.78, 5) is 11.2. The van der Waals surface area contributed by atoms with Crippen LogP contribution >= 0.6 is 0 Å². The van der Waals surface area contributed by atoms with E-state index in [1.807, 2.05) is 13.8 Å². The molecule has 1 aromatic rings. The van der Waals surface area contributed by atoms with Crippen molar-refractivity contribution >= 4 is 5.97 Å². The van der Waals surface area contributed by atoms with E-state index in [4.69, 9.17) is 19.3 Å². The van der Waals surface area contributed by atoms with Crippen molar-refractivity contribution in [1.82, 2.24) is 0 Å². The van der Waals surface area contributed by atoms with Gasteiger partial charge >= 0.3 is 5.97 Å². The fraction of sp³-hybridized carbons (Fsp3) is 0.462. The smallest absolute Gasteiger partial charge is 0.339 e. The summed E-state index contributed by atoms with van der Waals surface area (Å²) in [6, 6.07) is 2.99. The van der Waals surface area contributed by atoms with Gasteiger partial charge in [0.2, 0.25) is 5.75 Å². The van der Waals surface area contributed by atoms with Gasteiger partial charge in [-0.2, -0.15) is 0 Å². The first-order valence-electron chi connectivity index (χ1n) is 5.62. The molecule has 0 saturated carbocycles. The first-order chi connectivity index (χ1) is 8.51. The molecule has 0 unspecified atom stereocenters. The molecule has 0 aromatic heterocycles. The van der Waals surface area contributed by atoms with Gasteiger partial charge < -0.3 is 19.3 Å². The van der Waals surface area contributed by atoms with Gasteiger partial charge in [-0.05, 0) is 18.1 Å². The van der Waals surface area contributed by atoms with E-state index in [-0.39, 0.29) is 17.2 Å². The summed E-state index contributed by atoms with van der Waals surface area (Å²) >= 11 is 0. The first kappa shape index (κ1) is 14.2. The van der Waals surface area contributed by atoms with Gasteiger partial charge in [-0.15, -0.1) is 0 Å². The fourth-order valence-corrected chi connectivity index (χ4v) is 1.46. The Kier molecular flexibility index (Phi) is 4.83. The third-order valence-corrected chi connectivity index (χ3v) is 2.29. The SMILES string of the molecule is COc1ccc(C(=O)O)c(OCC(C)C)c1OC. The van der Waals surface area contributed by atoms with Gasteiger partial charge in [-0.3, -0.25) is 0 Å². The van der Waals surface area contributed by atoms with Crippen molar-refractivity contribution in [2.45, 2.75) is 13.8 Å². The summed E-state index contributed by atoms with van der Waals surface area (Å²) in [5, 5.41) is 9.14. The van der Waals surface area contributed by atoms with Crippen molar-refractivity contribution < 1.29 is 24.1 Å². The molecule has 0 aliphatic rings. The summed E-state index contributed by atoms with van der Waals surface area (Å²) in [5.74, 6) is 0.176. The molecular formula is C13H18O5. The van der Waals surface area contributed by atoms with Crippen molar-refractivity contribution in [2.75, 3.05) is 20.8 Å². The Hall–Kier alpha value is -1.91. The predicted octanol–water partition coefficient (Wildman–Crippen LogP) is 2.44. The third-order valence-electron chi connectivity index (χ3n) is 2.29. The van der Waals surface area contributed by atoms with Crippen LogP contribution < -0.4 is 14.2 Å². The average molecular weight is 254 g/mol. The van der Waals surface area contributed by atoms with Crippen LogP contribution in [0.3, 0.4) is 0 Å². The van der Waals surface area contributed by atoms with Crippen LogP contribution in [-0.4, -0.2) is 31.9 Å². The molecule has 5 heteroatoms. The highest BCUT2D eigenvalue weighted by Gasteiger charge is 2.21. The Labute approximate surface area is 106 Å². The molecule has 0 radical (unpaired) electrons. The Morgan fingerprint density at radius 2 is 1.89 bits per heavy atom. The number of aromatic carboxylic acids is 1. The fourth-order valence-electron chi connectivity index (χ4n) is 1.46. The van der Waals surface area contributed by atoms with Crippen molar-refractivity contribution in [3.63, 3.8) is 0 Å². The average Bonchev–Trinajstić information content (AvgIpc) is 2.34. The highest BCUT2D eigenvalue weighted by atomic mass is 16.5. The van der Waals surface area contributed by atoms with Crippen LogP contribution in [0.1, 0.15) is 24.2 Å². The lowest BCUT2D eigenvalue weighted by molar-refractivity contribution is 0.0690. The number of carboxylic acid groups (broad SMARTS) is 1. The van der Waals surface area contributed by atoms with E-state index in [2.05, 4.69) is 0 Å². The van der Waals surface area contributed by atoms with Gasteiger partial charge in [0.25, 0.3) is 0 Å². The maximum absolute atomic E-state index is 11.2. The van der Waals surface area contributed by atoms with Gasteiger partial charge in [0.15, 0.2) is 11.5 Å². The van der Waals surface area contributed by atoms with E-state index in [9.17, 15) is 4.79 Å². The number of benzene rings is 1. The third kappa shape index (κ3) is 3.06. The second kappa shape index (κ2) is 6.14. The van der Waals surface area contributed by atoms with Crippen molar-refractivity contribution in [3.05, 3.63) is 17.7 Å². The Bertz CT molecular complexity index is 426. The first-order valence-corrected chi connectivity index (χ1v) is 5.62. The lowest BCUT2D eigenvalue weighted by Crippen LogP contribution is -2.10. The minimum Gasteiger partial charge on any atom is -0.493 e. The molecular weight excluding hydrogens is 236 g/mol. The highest BCUT2D eigenvalue weighted by molar-refractivity contribution is 5.92. The van der Waals surface area contributed by atoms with Crippen LogP contribution in [0.5, 0.6) is 17.2 Å². The molecule has 1 N–H and O–H groups in total. The summed E-state index contributed by atoms with van der Waals surface area (Å²) in [7, 11) is 2.94. The standard InChI is InChI=1S/C13H18O5/c1-8(2)7-18-11-9(13(14)15)5-6-10(16-3)12(11)17-4/h5-6,8H,7H2,1-4H3,(H,14,15). The zero-order valence-corrected chi connectivity index (χ0v) is 11.0. The molecule has 5 nitrogen and oxygen atoms in total. The molecule has 0 aliphatic heterocycles. The van der Waals surface area contributed by atoms with Crippen LogP contribution in [0.4, 0.5) is 0 Å². The van der Waals surface area contributed by atoms with Crippen LogP contribution in [0.2, 0.25) is 0 Å². The number of carbonyl (C=O) groups is 1. The molecule has 0 fully saturated rings. The zero-order chi connectivity index (χ0) is 13.7. The molecule has 0 saturated heterocycles. The molecule has 0 heterocycles. The number of carboxylic acids is 1. The second-order valence-corrected chi connectivity index (χ2v) is 4.19. The van der Waals surface area contributed by atoms with Crippen molar-refractivity contribution in [1.29, 1.82) is 0 Å². The maximum Gasteiger partial charge on any atom is 0.339 e. The van der Waals surface area contributed by atoms with Crippen molar-refractivity contribution in [3.8, 4) is 17.2 Å². The number of methoxy groups -OCH3 is 2. The van der Waals surface area contributed by atoms with E-state index >= 15 is 0 Å².